The third kappa shape index (κ3) is 3.14. The zero-order chi connectivity index (χ0) is 15.6. The van der Waals surface area contributed by atoms with Crippen molar-refractivity contribution in [3.8, 4) is 18.0 Å². The summed E-state index contributed by atoms with van der Waals surface area (Å²) in [6.07, 6.45) is 3.01. The van der Waals surface area contributed by atoms with Gasteiger partial charge in [-0.15, -0.1) is 0 Å². The molecule has 6 heteroatoms. The van der Waals surface area contributed by atoms with Crippen molar-refractivity contribution in [3.05, 3.63) is 32.4 Å². The lowest BCUT2D eigenvalue weighted by Crippen LogP contribution is -2.21. The molecular formula is C15H16N2O4. The first-order chi connectivity index (χ1) is 9.82. The second-order valence-corrected chi connectivity index (χ2v) is 5.51. The van der Waals surface area contributed by atoms with E-state index in [-0.39, 0.29) is 17.1 Å². The van der Waals surface area contributed by atoms with Crippen molar-refractivity contribution in [2.24, 2.45) is 0 Å². The molecule has 0 saturated carbocycles. The smallest absolute Gasteiger partial charge is 0.337 e. The zero-order valence-electron chi connectivity index (χ0n) is 12.4. The number of hydrogen-bond donors (Lipinski definition) is 1. The van der Waals surface area contributed by atoms with E-state index in [1.54, 1.807) is 0 Å². The lowest BCUT2D eigenvalue weighted by atomic mass is 9.86. The van der Waals surface area contributed by atoms with Gasteiger partial charge in [0.15, 0.2) is 0 Å². The van der Waals surface area contributed by atoms with Gasteiger partial charge in [0.05, 0.1) is 0 Å². The van der Waals surface area contributed by atoms with E-state index in [0.29, 0.717) is 12.0 Å². The Morgan fingerprint density at radius 2 is 2.10 bits per heavy atom. The average molecular weight is 288 g/mol. The second kappa shape index (κ2) is 5.44. The molecule has 6 nitrogen and oxygen atoms in total. The largest absolute Gasteiger partial charge is 0.403 e. The Kier molecular flexibility index (Phi) is 3.85. The first-order valence-corrected chi connectivity index (χ1v) is 6.56. The van der Waals surface area contributed by atoms with Crippen LogP contribution in [0.4, 0.5) is 0 Å². The monoisotopic (exact) mass is 288 g/mol. The maximum Gasteiger partial charge on any atom is 0.337 e. The standard InChI is InChI=1S/C15H16N2O4/c1-5-6-7-20-14-16-12(19)11-9(15(2,3)4)8-10(18)21-13(11)17-14/h8H,5H2,1-4H3,(H,16,17,19). The van der Waals surface area contributed by atoms with Gasteiger partial charge in [-0.25, -0.2) is 4.79 Å². The van der Waals surface area contributed by atoms with Gasteiger partial charge < -0.3 is 9.15 Å². The normalized spacial score (nSPS) is 11.0. The molecule has 0 atom stereocenters. The Morgan fingerprint density at radius 1 is 1.38 bits per heavy atom. The number of aromatic nitrogens is 2. The molecular weight excluding hydrogens is 272 g/mol. The van der Waals surface area contributed by atoms with E-state index in [4.69, 9.17) is 9.15 Å². The predicted octanol–water partition coefficient (Wildman–Crippen LogP) is 1.92. The highest BCUT2D eigenvalue weighted by atomic mass is 16.5. The van der Waals surface area contributed by atoms with Crippen LogP contribution in [0.15, 0.2) is 20.1 Å². The minimum absolute atomic E-state index is 0.0514. The summed E-state index contributed by atoms with van der Waals surface area (Å²) in [5.41, 5.74) is -0.857. The second-order valence-electron chi connectivity index (χ2n) is 5.51. The van der Waals surface area contributed by atoms with Crippen molar-refractivity contribution in [2.45, 2.75) is 39.5 Å². The van der Waals surface area contributed by atoms with Crippen molar-refractivity contribution in [1.29, 1.82) is 0 Å². The molecule has 21 heavy (non-hydrogen) atoms. The number of hydrogen-bond acceptors (Lipinski definition) is 5. The molecule has 0 fully saturated rings. The van der Waals surface area contributed by atoms with Crippen molar-refractivity contribution in [2.75, 3.05) is 0 Å². The molecule has 2 aromatic heterocycles. The Bertz CT molecular complexity index is 844. The van der Waals surface area contributed by atoms with Crippen LogP contribution in [-0.4, -0.2) is 9.97 Å². The molecule has 2 aromatic rings. The summed E-state index contributed by atoms with van der Waals surface area (Å²) in [5.74, 6) is 2.68. The van der Waals surface area contributed by atoms with E-state index >= 15 is 0 Å². The molecule has 0 spiro atoms. The third-order valence-corrected chi connectivity index (χ3v) is 2.80. The van der Waals surface area contributed by atoms with Gasteiger partial charge in [0, 0.05) is 12.5 Å². The summed E-state index contributed by atoms with van der Waals surface area (Å²) in [5, 5.41) is 0.248. The van der Waals surface area contributed by atoms with Gasteiger partial charge in [-0.1, -0.05) is 33.6 Å². The molecule has 0 aliphatic carbocycles. The van der Waals surface area contributed by atoms with Crippen LogP contribution in [0.3, 0.4) is 0 Å². The van der Waals surface area contributed by atoms with Gasteiger partial charge in [-0.05, 0) is 11.0 Å². The van der Waals surface area contributed by atoms with Crippen LogP contribution in [-0.2, 0) is 5.41 Å². The fourth-order valence-electron chi connectivity index (χ4n) is 1.86. The Morgan fingerprint density at radius 3 is 2.71 bits per heavy atom. The summed E-state index contributed by atoms with van der Waals surface area (Å²) >= 11 is 0. The summed E-state index contributed by atoms with van der Waals surface area (Å²) in [6.45, 7) is 7.56. The topological polar surface area (TPSA) is 85.2 Å². The summed E-state index contributed by atoms with van der Waals surface area (Å²) in [6, 6.07) is 1.22. The molecule has 0 bridgehead atoms. The fourth-order valence-corrected chi connectivity index (χ4v) is 1.86. The van der Waals surface area contributed by atoms with Gasteiger partial charge in [-0.3, -0.25) is 9.78 Å². The van der Waals surface area contributed by atoms with Gasteiger partial charge >= 0.3 is 11.6 Å². The van der Waals surface area contributed by atoms with Crippen LogP contribution >= 0.6 is 0 Å². The molecule has 1 N–H and O–H groups in total. The number of ether oxygens (including phenoxy) is 1. The van der Waals surface area contributed by atoms with E-state index in [0.717, 1.165) is 0 Å². The van der Waals surface area contributed by atoms with E-state index in [9.17, 15) is 9.59 Å². The molecule has 2 rings (SSSR count). The quantitative estimate of drug-likeness (QED) is 0.810. The first-order valence-electron chi connectivity index (χ1n) is 6.56. The fraction of sp³-hybridized carbons (Fsp3) is 0.400. The Balaban J connectivity index is 2.72. The minimum atomic E-state index is -0.559. The van der Waals surface area contributed by atoms with E-state index in [1.807, 2.05) is 27.7 Å². The molecule has 0 amide bonds. The van der Waals surface area contributed by atoms with Crippen molar-refractivity contribution < 1.29 is 9.15 Å². The van der Waals surface area contributed by atoms with Gasteiger partial charge in [0.1, 0.15) is 11.5 Å². The highest BCUT2D eigenvalue weighted by Crippen LogP contribution is 2.26. The number of nitrogens with one attached hydrogen (secondary N) is 1. The zero-order valence-corrected chi connectivity index (χ0v) is 12.4. The van der Waals surface area contributed by atoms with Gasteiger partial charge in [0.25, 0.3) is 5.56 Å². The van der Waals surface area contributed by atoms with E-state index in [2.05, 4.69) is 22.0 Å². The number of aromatic amines is 1. The van der Waals surface area contributed by atoms with Crippen molar-refractivity contribution in [1.82, 2.24) is 9.97 Å². The number of rotatable bonds is 1. The van der Waals surface area contributed by atoms with Crippen LogP contribution in [0.25, 0.3) is 11.1 Å². The Labute approximate surface area is 121 Å². The highest BCUT2D eigenvalue weighted by Gasteiger charge is 2.22. The summed E-state index contributed by atoms with van der Waals surface area (Å²) < 4.78 is 10.0. The Hall–Kier alpha value is -2.55. The minimum Gasteiger partial charge on any atom is -0.403 e. The van der Waals surface area contributed by atoms with Crippen LogP contribution in [0.5, 0.6) is 6.01 Å². The molecule has 0 unspecified atom stereocenters. The lowest BCUT2D eigenvalue weighted by molar-refractivity contribution is 0.461. The summed E-state index contributed by atoms with van der Waals surface area (Å²) in [7, 11) is 0. The molecule has 0 radical (unpaired) electrons. The maximum absolute atomic E-state index is 12.2. The molecule has 0 aliphatic heterocycles. The maximum atomic E-state index is 12.2. The molecule has 0 aliphatic rings. The van der Waals surface area contributed by atoms with E-state index in [1.165, 1.54) is 6.07 Å². The highest BCUT2D eigenvalue weighted by molar-refractivity contribution is 5.77. The summed E-state index contributed by atoms with van der Waals surface area (Å²) in [4.78, 5) is 30.4. The SMILES string of the molecule is CCC#COc1nc2oc(=O)cc(C(C)(C)C)c2c(=O)[nH]1. The lowest BCUT2D eigenvalue weighted by Gasteiger charge is -2.19. The number of fused-ring (bicyclic) bond motifs is 1. The van der Waals surface area contributed by atoms with Crippen LogP contribution in [0, 0.1) is 12.0 Å². The van der Waals surface area contributed by atoms with Crippen LogP contribution in [0.2, 0.25) is 0 Å². The average Bonchev–Trinajstić information content (AvgIpc) is 2.36. The number of H-pyrrole nitrogens is 1. The molecule has 0 aromatic carbocycles. The molecule has 2 heterocycles. The molecule has 110 valence electrons. The van der Waals surface area contributed by atoms with Crippen molar-refractivity contribution in [3.63, 3.8) is 0 Å². The molecule has 0 saturated heterocycles. The van der Waals surface area contributed by atoms with E-state index < -0.39 is 16.6 Å². The number of nitrogens with zero attached hydrogens (tertiary/aromatic N) is 1. The van der Waals surface area contributed by atoms with Crippen LogP contribution < -0.4 is 15.9 Å². The first kappa shape index (κ1) is 14.9. The van der Waals surface area contributed by atoms with Crippen molar-refractivity contribution >= 4 is 11.1 Å². The van der Waals surface area contributed by atoms with Gasteiger partial charge in [0.2, 0.25) is 5.71 Å². The van der Waals surface area contributed by atoms with Gasteiger partial charge in [-0.2, -0.15) is 4.98 Å². The van der Waals surface area contributed by atoms with Crippen LogP contribution in [0.1, 0.15) is 39.7 Å². The third-order valence-electron chi connectivity index (χ3n) is 2.80. The predicted molar refractivity (Wildman–Crippen MR) is 78.3 cm³/mol.